The lowest BCUT2D eigenvalue weighted by atomic mass is 9.93. The molecule has 2 rings (SSSR count). The Balaban J connectivity index is 2.42. The Kier molecular flexibility index (Phi) is 3.43. The number of nitrogens with zero attached hydrogens (tertiary/aromatic N) is 2. The minimum absolute atomic E-state index is 0.104. The molecule has 0 radical (unpaired) electrons. The maximum Gasteiger partial charge on any atom is 0.243 e. The normalized spacial score (nSPS) is 21.7. The van der Waals surface area contributed by atoms with Gasteiger partial charge in [0.1, 0.15) is 11.9 Å². The van der Waals surface area contributed by atoms with Gasteiger partial charge < -0.3 is 10.2 Å². The van der Waals surface area contributed by atoms with Crippen molar-refractivity contribution >= 4 is 11.6 Å². The minimum Gasteiger partial charge on any atom is -0.352 e. The molecule has 1 N–H and O–H groups in total. The van der Waals surface area contributed by atoms with Crippen LogP contribution in [0, 0.1) is 17.1 Å². The molecule has 0 bridgehead atoms. The summed E-state index contributed by atoms with van der Waals surface area (Å²) in [6, 6.07) is 7.50. The third kappa shape index (κ3) is 2.53. The molecule has 1 aromatic carbocycles. The average Bonchev–Trinajstić information content (AvgIpc) is 2.36. The van der Waals surface area contributed by atoms with E-state index >= 15 is 0 Å². The summed E-state index contributed by atoms with van der Waals surface area (Å²) in [4.78, 5) is 13.8. The van der Waals surface area contributed by atoms with Crippen LogP contribution in [-0.4, -0.2) is 24.0 Å². The summed E-state index contributed by atoms with van der Waals surface area (Å²) in [5, 5.41) is 11.7. The first kappa shape index (κ1) is 13.3. The van der Waals surface area contributed by atoms with Gasteiger partial charge in [0.05, 0.1) is 18.0 Å². The van der Waals surface area contributed by atoms with Crippen LogP contribution in [0.15, 0.2) is 24.3 Å². The van der Waals surface area contributed by atoms with Crippen LogP contribution >= 0.6 is 0 Å². The Hall–Kier alpha value is -2.09. The molecular formula is C14H16FN3O. The number of benzene rings is 1. The zero-order valence-corrected chi connectivity index (χ0v) is 11.0. The predicted molar refractivity (Wildman–Crippen MR) is 70.0 cm³/mol. The number of hydrogen-bond acceptors (Lipinski definition) is 3. The molecule has 1 unspecified atom stereocenters. The fourth-order valence-corrected chi connectivity index (χ4v) is 2.45. The van der Waals surface area contributed by atoms with Crippen molar-refractivity contribution < 1.29 is 9.18 Å². The summed E-state index contributed by atoms with van der Waals surface area (Å²) in [5.41, 5.74) is 0.425. The first-order chi connectivity index (χ1) is 8.95. The van der Waals surface area contributed by atoms with Gasteiger partial charge in [0.15, 0.2) is 0 Å². The highest BCUT2D eigenvalue weighted by atomic mass is 19.1. The lowest BCUT2D eigenvalue weighted by Crippen LogP contribution is -2.65. The van der Waals surface area contributed by atoms with E-state index in [2.05, 4.69) is 5.32 Å². The Morgan fingerprint density at radius 3 is 2.68 bits per heavy atom. The fourth-order valence-electron chi connectivity index (χ4n) is 2.45. The van der Waals surface area contributed by atoms with Gasteiger partial charge in [-0.2, -0.15) is 5.26 Å². The molecule has 1 aliphatic heterocycles. The maximum absolute atomic E-state index is 13.0. The molecule has 1 aliphatic rings. The fraction of sp³-hybridized carbons (Fsp3) is 0.429. The minimum atomic E-state index is -0.542. The highest BCUT2D eigenvalue weighted by Crippen LogP contribution is 2.30. The van der Waals surface area contributed by atoms with E-state index in [1.54, 1.807) is 12.1 Å². The molecule has 1 heterocycles. The molecule has 5 heteroatoms. The van der Waals surface area contributed by atoms with E-state index in [0.29, 0.717) is 6.54 Å². The van der Waals surface area contributed by atoms with E-state index in [-0.39, 0.29) is 23.7 Å². The third-order valence-corrected chi connectivity index (χ3v) is 3.35. The standard InChI is InChI=1S/C14H16FN3O/c1-14(2)9-17-13(19)12(7-8-16)18(14)11-5-3-10(15)4-6-11/h3-6,12H,7,9H2,1-2H3,(H,17,19). The lowest BCUT2D eigenvalue weighted by Gasteiger charge is -2.48. The quantitative estimate of drug-likeness (QED) is 0.883. The number of anilines is 1. The summed E-state index contributed by atoms with van der Waals surface area (Å²) in [6.45, 7) is 4.46. The molecule has 0 aromatic heterocycles. The van der Waals surface area contributed by atoms with Crippen molar-refractivity contribution in [1.29, 1.82) is 5.26 Å². The number of amides is 1. The number of nitrogens with one attached hydrogen (secondary N) is 1. The van der Waals surface area contributed by atoms with E-state index in [0.717, 1.165) is 5.69 Å². The van der Waals surface area contributed by atoms with Gasteiger partial charge in [-0.25, -0.2) is 4.39 Å². The number of piperazine rings is 1. The van der Waals surface area contributed by atoms with Crippen LogP contribution in [0.2, 0.25) is 0 Å². The third-order valence-electron chi connectivity index (χ3n) is 3.35. The smallest absolute Gasteiger partial charge is 0.243 e. The maximum atomic E-state index is 13.0. The molecule has 0 saturated carbocycles. The monoisotopic (exact) mass is 261 g/mol. The Morgan fingerprint density at radius 2 is 2.11 bits per heavy atom. The van der Waals surface area contributed by atoms with E-state index in [9.17, 15) is 9.18 Å². The summed E-state index contributed by atoms with van der Waals surface area (Å²) in [6.07, 6.45) is 0.104. The summed E-state index contributed by atoms with van der Waals surface area (Å²) < 4.78 is 13.0. The van der Waals surface area contributed by atoms with Crippen molar-refractivity contribution in [2.45, 2.75) is 31.8 Å². The SMILES string of the molecule is CC1(C)CNC(=O)C(CC#N)N1c1ccc(F)cc1. The predicted octanol–water partition coefficient (Wildman–Crippen LogP) is 1.82. The van der Waals surface area contributed by atoms with Crippen molar-refractivity contribution in [2.24, 2.45) is 0 Å². The highest BCUT2D eigenvalue weighted by molar-refractivity contribution is 5.87. The molecule has 0 aliphatic carbocycles. The number of rotatable bonds is 2. The van der Waals surface area contributed by atoms with Crippen molar-refractivity contribution in [3.8, 4) is 6.07 Å². The zero-order chi connectivity index (χ0) is 14.0. The Bertz CT molecular complexity index is 518. The first-order valence-corrected chi connectivity index (χ1v) is 6.15. The van der Waals surface area contributed by atoms with Crippen LogP contribution < -0.4 is 10.2 Å². The van der Waals surface area contributed by atoms with Crippen LogP contribution in [0.1, 0.15) is 20.3 Å². The summed E-state index contributed by atoms with van der Waals surface area (Å²) in [5.74, 6) is -0.481. The molecule has 1 aromatic rings. The lowest BCUT2D eigenvalue weighted by molar-refractivity contribution is -0.124. The van der Waals surface area contributed by atoms with Gasteiger partial charge in [0, 0.05) is 12.2 Å². The van der Waals surface area contributed by atoms with Crippen LogP contribution in [-0.2, 0) is 4.79 Å². The van der Waals surface area contributed by atoms with Crippen LogP contribution in [0.5, 0.6) is 0 Å². The van der Waals surface area contributed by atoms with Crippen LogP contribution in [0.4, 0.5) is 10.1 Å². The molecule has 100 valence electrons. The van der Waals surface area contributed by atoms with E-state index in [4.69, 9.17) is 5.26 Å². The van der Waals surface area contributed by atoms with Crippen LogP contribution in [0.25, 0.3) is 0 Å². The topological polar surface area (TPSA) is 56.1 Å². The number of carbonyl (C=O) groups is 1. The van der Waals surface area contributed by atoms with Crippen molar-refractivity contribution in [3.63, 3.8) is 0 Å². The van der Waals surface area contributed by atoms with Gasteiger partial charge >= 0.3 is 0 Å². The number of nitriles is 1. The van der Waals surface area contributed by atoms with Gasteiger partial charge in [-0.1, -0.05) is 0 Å². The summed E-state index contributed by atoms with van der Waals surface area (Å²) >= 11 is 0. The van der Waals surface area contributed by atoms with Crippen molar-refractivity contribution in [3.05, 3.63) is 30.1 Å². The van der Waals surface area contributed by atoms with Crippen molar-refractivity contribution in [1.82, 2.24) is 5.32 Å². The van der Waals surface area contributed by atoms with Gasteiger partial charge in [0.2, 0.25) is 5.91 Å². The van der Waals surface area contributed by atoms with Crippen molar-refractivity contribution in [2.75, 3.05) is 11.4 Å². The zero-order valence-electron chi connectivity index (χ0n) is 11.0. The number of hydrogen-bond donors (Lipinski definition) is 1. The first-order valence-electron chi connectivity index (χ1n) is 6.15. The van der Waals surface area contributed by atoms with Crippen LogP contribution in [0.3, 0.4) is 0 Å². The second-order valence-corrected chi connectivity index (χ2v) is 5.25. The average molecular weight is 261 g/mol. The molecule has 1 amide bonds. The Labute approximate surface area is 111 Å². The highest BCUT2D eigenvalue weighted by Gasteiger charge is 2.41. The van der Waals surface area contributed by atoms with Gasteiger partial charge in [0.25, 0.3) is 0 Å². The molecule has 4 nitrogen and oxygen atoms in total. The molecule has 1 saturated heterocycles. The molecule has 19 heavy (non-hydrogen) atoms. The second kappa shape index (κ2) is 4.88. The number of halogens is 1. The Morgan fingerprint density at radius 1 is 1.47 bits per heavy atom. The molecule has 0 spiro atoms. The van der Waals surface area contributed by atoms with Gasteiger partial charge in [-0.3, -0.25) is 4.79 Å². The summed E-state index contributed by atoms with van der Waals surface area (Å²) in [7, 11) is 0. The number of carbonyl (C=O) groups excluding carboxylic acids is 1. The van der Waals surface area contributed by atoms with E-state index in [1.165, 1.54) is 12.1 Å². The molecular weight excluding hydrogens is 245 g/mol. The van der Waals surface area contributed by atoms with Gasteiger partial charge in [-0.05, 0) is 38.1 Å². The van der Waals surface area contributed by atoms with E-state index < -0.39 is 6.04 Å². The molecule has 1 atom stereocenters. The largest absolute Gasteiger partial charge is 0.352 e. The second-order valence-electron chi connectivity index (χ2n) is 5.25. The van der Waals surface area contributed by atoms with Gasteiger partial charge in [-0.15, -0.1) is 0 Å². The van der Waals surface area contributed by atoms with E-state index in [1.807, 2.05) is 24.8 Å². The molecule has 1 fully saturated rings.